The summed E-state index contributed by atoms with van der Waals surface area (Å²) < 4.78 is 6.89. The number of benzene rings is 8. The van der Waals surface area contributed by atoms with E-state index in [0.717, 1.165) is 61.0 Å². The average molecular weight is 700 g/mol. The van der Waals surface area contributed by atoms with E-state index < -0.39 is 0 Å². The number of nitrogens with zero attached hydrogens (tertiary/aromatic N) is 5. The van der Waals surface area contributed by atoms with Gasteiger partial charge in [0.2, 0.25) is 0 Å². The average Bonchev–Trinajstić information content (AvgIpc) is 3.88. The monoisotopic (exact) mass is 699 g/mol. The van der Waals surface area contributed by atoms with Gasteiger partial charge in [-0.15, -0.1) is 0 Å². The molecular formula is C50H29N5. The van der Waals surface area contributed by atoms with Crippen LogP contribution in [0.15, 0.2) is 176 Å². The Morgan fingerprint density at radius 3 is 1.42 bits per heavy atom. The highest BCUT2D eigenvalue weighted by atomic mass is 15.0. The van der Waals surface area contributed by atoms with E-state index in [2.05, 4.69) is 159 Å². The molecule has 0 N–H and O–H groups in total. The molecule has 5 heteroatoms. The summed E-state index contributed by atoms with van der Waals surface area (Å²) in [5.41, 5.74) is 12.6. The van der Waals surface area contributed by atoms with Crippen molar-refractivity contribution in [3.05, 3.63) is 187 Å². The molecule has 11 rings (SSSR count). The highest BCUT2D eigenvalue weighted by Gasteiger charge is 2.18. The second-order valence-corrected chi connectivity index (χ2v) is 14.0. The van der Waals surface area contributed by atoms with Crippen LogP contribution < -0.4 is 0 Å². The maximum absolute atomic E-state index is 10.4. The van der Waals surface area contributed by atoms with Gasteiger partial charge in [-0.05, 0) is 90.5 Å². The Morgan fingerprint density at radius 2 is 0.818 bits per heavy atom. The van der Waals surface area contributed by atoms with E-state index in [1.807, 2.05) is 42.5 Å². The molecule has 0 radical (unpaired) electrons. The minimum Gasteiger partial charge on any atom is -0.309 e. The van der Waals surface area contributed by atoms with Crippen molar-refractivity contribution in [3.8, 4) is 40.3 Å². The zero-order valence-electron chi connectivity index (χ0n) is 29.5. The Kier molecular flexibility index (Phi) is 6.61. The minimum absolute atomic E-state index is 0.595. The first-order valence-corrected chi connectivity index (χ1v) is 18.3. The first-order valence-electron chi connectivity index (χ1n) is 18.3. The molecule has 55 heavy (non-hydrogen) atoms. The third-order valence-electron chi connectivity index (χ3n) is 11.1. The molecule has 0 atom stereocenters. The fourth-order valence-corrected chi connectivity index (χ4v) is 8.72. The molecule has 3 aromatic heterocycles. The Balaban J connectivity index is 1.10. The molecule has 0 bridgehead atoms. The minimum atomic E-state index is 0.595. The Morgan fingerprint density at radius 1 is 0.327 bits per heavy atom. The predicted molar refractivity (Wildman–Crippen MR) is 224 cm³/mol. The number of fused-ring (bicyclic) bond motifs is 9. The molecule has 254 valence electrons. The molecule has 0 aliphatic heterocycles. The van der Waals surface area contributed by atoms with Crippen LogP contribution in [0.2, 0.25) is 0 Å². The summed E-state index contributed by atoms with van der Waals surface area (Å²) in [5.74, 6) is 0. The molecular weight excluding hydrogens is 671 g/mol. The summed E-state index contributed by atoms with van der Waals surface area (Å²) in [6, 6.07) is 66.0. The summed E-state index contributed by atoms with van der Waals surface area (Å²) in [7, 11) is 0. The van der Waals surface area contributed by atoms with Gasteiger partial charge in [0.05, 0.1) is 56.4 Å². The second kappa shape index (κ2) is 11.8. The van der Waals surface area contributed by atoms with Crippen molar-refractivity contribution in [1.82, 2.24) is 13.7 Å². The normalized spacial score (nSPS) is 11.6. The number of hydrogen-bond acceptors (Lipinski definition) is 2. The van der Waals surface area contributed by atoms with Gasteiger partial charge >= 0.3 is 0 Å². The quantitative estimate of drug-likeness (QED) is 0.184. The lowest BCUT2D eigenvalue weighted by molar-refractivity contribution is 1.16. The van der Waals surface area contributed by atoms with Gasteiger partial charge in [0, 0.05) is 54.9 Å². The molecule has 0 amide bonds. The lowest BCUT2D eigenvalue weighted by Crippen LogP contribution is -1.98. The predicted octanol–water partition coefficient (Wildman–Crippen LogP) is 12.4. The van der Waals surface area contributed by atoms with Crippen molar-refractivity contribution in [3.63, 3.8) is 0 Å². The van der Waals surface area contributed by atoms with Crippen molar-refractivity contribution in [1.29, 1.82) is 10.5 Å². The summed E-state index contributed by atoms with van der Waals surface area (Å²) in [5, 5.41) is 27.2. The fraction of sp³-hybridized carbons (Fsp3) is 0. The van der Waals surface area contributed by atoms with E-state index >= 15 is 0 Å². The first kappa shape index (κ1) is 30.7. The van der Waals surface area contributed by atoms with Crippen LogP contribution in [0.1, 0.15) is 11.1 Å². The van der Waals surface area contributed by atoms with Crippen LogP contribution in [0.25, 0.3) is 93.6 Å². The van der Waals surface area contributed by atoms with E-state index in [-0.39, 0.29) is 0 Å². The number of para-hydroxylation sites is 4. The maximum Gasteiger partial charge on any atom is 0.0998 e. The molecule has 8 aromatic carbocycles. The number of hydrogen-bond donors (Lipinski definition) is 0. The van der Waals surface area contributed by atoms with Crippen molar-refractivity contribution in [2.75, 3.05) is 0 Å². The van der Waals surface area contributed by atoms with E-state index in [9.17, 15) is 10.5 Å². The van der Waals surface area contributed by atoms with Gasteiger partial charge in [-0.2, -0.15) is 10.5 Å². The van der Waals surface area contributed by atoms with Gasteiger partial charge in [0.1, 0.15) is 0 Å². The maximum atomic E-state index is 10.4. The zero-order valence-corrected chi connectivity index (χ0v) is 29.5. The van der Waals surface area contributed by atoms with Crippen LogP contribution in [0.3, 0.4) is 0 Å². The van der Waals surface area contributed by atoms with E-state index in [1.165, 1.54) is 32.6 Å². The fourth-order valence-electron chi connectivity index (χ4n) is 8.72. The van der Waals surface area contributed by atoms with E-state index in [4.69, 9.17) is 0 Å². The topological polar surface area (TPSA) is 62.4 Å². The lowest BCUT2D eigenvalue weighted by Gasteiger charge is -2.14. The highest BCUT2D eigenvalue weighted by molar-refractivity contribution is 6.13. The SMILES string of the molecule is N#Cc1ccc2c3ccccc3n(-c3ccc(C#N)c(-c4cccc(-n5c6ccccc6c6cc(-n7c8ccccc8c8ccccc87)ccc65)c4)c3)c2c1. The Labute approximate surface area is 316 Å². The van der Waals surface area contributed by atoms with Gasteiger partial charge in [0.25, 0.3) is 0 Å². The molecule has 0 unspecified atom stereocenters. The molecule has 3 heterocycles. The van der Waals surface area contributed by atoms with E-state index in [1.54, 1.807) is 0 Å². The number of nitriles is 2. The summed E-state index contributed by atoms with van der Waals surface area (Å²) >= 11 is 0. The second-order valence-electron chi connectivity index (χ2n) is 14.0. The standard InChI is InChI=1S/C50H29N5/c51-30-32-20-24-42-40-14-3-7-18-47(40)55(50(42)26-32)36-22-21-34(31-52)43(28-36)33-10-9-11-35(27-33)53-48-19-8-4-15-41(48)44-29-37(23-25-49(44)53)54-45-16-5-1-12-38(45)39-13-2-6-17-46(39)54/h1-29H. The van der Waals surface area contributed by atoms with Crippen LogP contribution in [-0.2, 0) is 0 Å². The number of rotatable bonds is 4. The molecule has 11 aromatic rings. The highest BCUT2D eigenvalue weighted by Crippen LogP contribution is 2.39. The molecule has 0 saturated heterocycles. The van der Waals surface area contributed by atoms with Gasteiger partial charge in [-0.1, -0.05) is 91.0 Å². The summed E-state index contributed by atoms with van der Waals surface area (Å²) in [6.07, 6.45) is 0. The summed E-state index contributed by atoms with van der Waals surface area (Å²) in [4.78, 5) is 0. The first-order chi connectivity index (χ1) is 27.2. The Hall–Kier alpha value is -7.86. The van der Waals surface area contributed by atoms with Crippen molar-refractivity contribution < 1.29 is 0 Å². The van der Waals surface area contributed by atoms with E-state index in [0.29, 0.717) is 11.1 Å². The molecule has 0 fully saturated rings. The van der Waals surface area contributed by atoms with Crippen molar-refractivity contribution in [2.24, 2.45) is 0 Å². The molecule has 0 spiro atoms. The Bertz CT molecular complexity index is 3420. The van der Waals surface area contributed by atoms with Crippen LogP contribution in [0, 0.1) is 22.7 Å². The lowest BCUT2D eigenvalue weighted by atomic mass is 9.99. The number of aromatic nitrogens is 3. The largest absolute Gasteiger partial charge is 0.309 e. The van der Waals surface area contributed by atoms with Crippen LogP contribution in [0.4, 0.5) is 0 Å². The molecule has 0 aliphatic carbocycles. The van der Waals surface area contributed by atoms with Gasteiger partial charge in [-0.3, -0.25) is 0 Å². The third-order valence-corrected chi connectivity index (χ3v) is 11.1. The van der Waals surface area contributed by atoms with Crippen LogP contribution >= 0.6 is 0 Å². The van der Waals surface area contributed by atoms with Gasteiger partial charge in [-0.25, -0.2) is 0 Å². The van der Waals surface area contributed by atoms with Gasteiger partial charge < -0.3 is 13.7 Å². The smallest absolute Gasteiger partial charge is 0.0998 e. The molecule has 0 saturated carbocycles. The molecule has 0 aliphatic rings. The van der Waals surface area contributed by atoms with Crippen molar-refractivity contribution >= 4 is 65.4 Å². The summed E-state index contributed by atoms with van der Waals surface area (Å²) in [6.45, 7) is 0. The zero-order chi connectivity index (χ0) is 36.6. The van der Waals surface area contributed by atoms with Crippen LogP contribution in [-0.4, -0.2) is 13.7 Å². The van der Waals surface area contributed by atoms with Gasteiger partial charge in [0.15, 0.2) is 0 Å². The molecule has 5 nitrogen and oxygen atoms in total. The van der Waals surface area contributed by atoms with Crippen molar-refractivity contribution in [2.45, 2.75) is 0 Å². The van der Waals surface area contributed by atoms with Crippen LogP contribution in [0.5, 0.6) is 0 Å². The third kappa shape index (κ3) is 4.51.